The molecule has 27 heavy (non-hydrogen) atoms. The van der Waals surface area contributed by atoms with E-state index in [1.807, 2.05) is 12.1 Å². The Morgan fingerprint density at radius 2 is 1.41 bits per heavy atom. The quantitative estimate of drug-likeness (QED) is 0.761. The first kappa shape index (κ1) is 21.4. The Labute approximate surface area is 174 Å². The van der Waals surface area contributed by atoms with Gasteiger partial charge >= 0.3 is 0 Å². The number of nitrogens with zero attached hydrogens (tertiary/aromatic N) is 2. The summed E-state index contributed by atoms with van der Waals surface area (Å²) in [6, 6.07) is 12.1. The highest BCUT2D eigenvalue weighted by Gasteiger charge is 2.25. The maximum atomic E-state index is 12.6. The van der Waals surface area contributed by atoms with Crippen molar-refractivity contribution in [1.29, 1.82) is 0 Å². The molecule has 0 atom stereocenters. The first-order valence-corrected chi connectivity index (χ1v) is 9.05. The van der Waals surface area contributed by atoms with Gasteiger partial charge in [0.05, 0.1) is 6.42 Å². The van der Waals surface area contributed by atoms with Crippen LogP contribution < -0.4 is 5.73 Å². The molecule has 0 aliphatic carbocycles. The van der Waals surface area contributed by atoms with Crippen LogP contribution >= 0.6 is 35.6 Å². The Morgan fingerprint density at radius 1 is 0.889 bits per heavy atom. The van der Waals surface area contributed by atoms with E-state index >= 15 is 0 Å². The second-order valence-corrected chi connectivity index (χ2v) is 7.12. The number of carbonyl (C=O) groups excluding carboxylic acids is 2. The topological polar surface area (TPSA) is 66.6 Å². The van der Waals surface area contributed by atoms with Crippen LogP contribution in [0.25, 0.3) is 0 Å². The Hall–Kier alpha value is -1.95. The van der Waals surface area contributed by atoms with Gasteiger partial charge in [0.15, 0.2) is 0 Å². The second kappa shape index (κ2) is 9.31. The summed E-state index contributed by atoms with van der Waals surface area (Å²) < 4.78 is 0. The van der Waals surface area contributed by atoms with Gasteiger partial charge in [-0.15, -0.1) is 12.4 Å². The van der Waals surface area contributed by atoms with Gasteiger partial charge in [0, 0.05) is 47.5 Å². The summed E-state index contributed by atoms with van der Waals surface area (Å²) in [4.78, 5) is 28.5. The van der Waals surface area contributed by atoms with Crippen molar-refractivity contribution in [2.24, 2.45) is 0 Å². The van der Waals surface area contributed by atoms with Crippen LogP contribution in [0, 0.1) is 0 Å². The van der Waals surface area contributed by atoms with Gasteiger partial charge in [-0.3, -0.25) is 9.59 Å². The molecular formula is C19H20Cl3N3O2. The van der Waals surface area contributed by atoms with Gasteiger partial charge in [0.1, 0.15) is 0 Å². The predicted octanol–water partition coefficient (Wildman–Crippen LogP) is 3.52. The van der Waals surface area contributed by atoms with Crippen LogP contribution in [0.1, 0.15) is 15.9 Å². The van der Waals surface area contributed by atoms with Gasteiger partial charge < -0.3 is 15.5 Å². The van der Waals surface area contributed by atoms with Gasteiger partial charge in [-0.25, -0.2) is 0 Å². The Kier molecular flexibility index (Phi) is 7.36. The van der Waals surface area contributed by atoms with Gasteiger partial charge in [0.2, 0.25) is 5.91 Å². The number of hydrogen-bond donors (Lipinski definition) is 1. The first-order chi connectivity index (χ1) is 12.4. The highest BCUT2D eigenvalue weighted by Crippen LogP contribution is 2.21. The third-order valence-electron chi connectivity index (χ3n) is 4.36. The summed E-state index contributed by atoms with van der Waals surface area (Å²) in [5.41, 5.74) is 7.73. The first-order valence-electron chi connectivity index (χ1n) is 8.30. The van der Waals surface area contributed by atoms with Gasteiger partial charge in [-0.1, -0.05) is 35.3 Å². The zero-order valence-corrected chi connectivity index (χ0v) is 16.9. The third-order valence-corrected chi connectivity index (χ3v) is 4.80. The summed E-state index contributed by atoms with van der Waals surface area (Å²) in [6.07, 6.45) is 0.331. The van der Waals surface area contributed by atoms with Crippen molar-refractivity contribution in [3.8, 4) is 0 Å². The summed E-state index contributed by atoms with van der Waals surface area (Å²) in [5, 5.41) is 0.858. The lowest BCUT2D eigenvalue weighted by Crippen LogP contribution is -2.51. The average Bonchev–Trinajstić information content (AvgIpc) is 2.62. The number of nitrogen functional groups attached to an aromatic ring is 1. The Balaban J connectivity index is 0.00000261. The SMILES string of the molecule is Cl.Nc1ccc(CC(=O)N2CCN(C(=O)c3cc(Cl)cc(Cl)c3)CC2)cc1. The highest BCUT2D eigenvalue weighted by atomic mass is 35.5. The van der Waals surface area contributed by atoms with Gasteiger partial charge in [0.25, 0.3) is 5.91 Å². The monoisotopic (exact) mass is 427 g/mol. The fourth-order valence-electron chi connectivity index (χ4n) is 2.94. The van der Waals surface area contributed by atoms with Crippen molar-refractivity contribution < 1.29 is 9.59 Å². The highest BCUT2D eigenvalue weighted by molar-refractivity contribution is 6.35. The van der Waals surface area contributed by atoms with Gasteiger partial charge in [-0.05, 0) is 35.9 Å². The maximum absolute atomic E-state index is 12.6. The summed E-state index contributed by atoms with van der Waals surface area (Å²) in [5.74, 6) is -0.0762. The maximum Gasteiger partial charge on any atom is 0.254 e. The number of amides is 2. The molecule has 2 aromatic carbocycles. The molecular weight excluding hydrogens is 409 g/mol. The molecule has 2 aromatic rings. The largest absolute Gasteiger partial charge is 0.399 e. The molecule has 0 unspecified atom stereocenters. The van der Waals surface area contributed by atoms with Crippen molar-refractivity contribution in [3.05, 3.63) is 63.6 Å². The van der Waals surface area contributed by atoms with E-state index in [0.717, 1.165) is 5.56 Å². The number of benzene rings is 2. The van der Waals surface area contributed by atoms with Gasteiger partial charge in [-0.2, -0.15) is 0 Å². The van der Waals surface area contributed by atoms with Crippen LogP contribution in [-0.2, 0) is 11.2 Å². The van der Waals surface area contributed by atoms with E-state index in [0.29, 0.717) is 53.9 Å². The van der Waals surface area contributed by atoms with E-state index in [1.165, 1.54) is 0 Å². The number of anilines is 1. The summed E-state index contributed by atoms with van der Waals surface area (Å²) in [6.45, 7) is 1.98. The van der Waals surface area contributed by atoms with Crippen LogP contribution in [0.15, 0.2) is 42.5 Å². The van der Waals surface area contributed by atoms with E-state index in [2.05, 4.69) is 0 Å². The van der Waals surface area contributed by atoms with E-state index < -0.39 is 0 Å². The number of nitrogens with two attached hydrogens (primary N) is 1. The average molecular weight is 429 g/mol. The zero-order chi connectivity index (χ0) is 18.7. The fraction of sp³-hybridized carbons (Fsp3) is 0.263. The van der Waals surface area contributed by atoms with Crippen molar-refractivity contribution in [3.63, 3.8) is 0 Å². The molecule has 2 N–H and O–H groups in total. The summed E-state index contributed by atoms with van der Waals surface area (Å²) in [7, 11) is 0. The molecule has 1 heterocycles. The molecule has 1 aliphatic heterocycles. The Bertz CT molecular complexity index is 799. The zero-order valence-electron chi connectivity index (χ0n) is 14.5. The third kappa shape index (κ3) is 5.51. The molecule has 1 saturated heterocycles. The molecule has 0 spiro atoms. The fourth-order valence-corrected chi connectivity index (χ4v) is 3.47. The molecule has 5 nitrogen and oxygen atoms in total. The number of rotatable bonds is 3. The molecule has 1 aliphatic rings. The molecule has 0 bridgehead atoms. The lowest BCUT2D eigenvalue weighted by atomic mass is 10.1. The molecule has 8 heteroatoms. The minimum absolute atomic E-state index is 0. The minimum Gasteiger partial charge on any atom is -0.399 e. The van der Waals surface area contributed by atoms with Crippen LogP contribution in [0.4, 0.5) is 5.69 Å². The van der Waals surface area contributed by atoms with Crippen LogP contribution in [0.2, 0.25) is 10.0 Å². The smallest absolute Gasteiger partial charge is 0.254 e. The normalized spacial score (nSPS) is 13.9. The van der Waals surface area contributed by atoms with E-state index in [4.69, 9.17) is 28.9 Å². The molecule has 0 radical (unpaired) electrons. The molecule has 144 valence electrons. The van der Waals surface area contributed by atoms with Crippen molar-refractivity contribution in [1.82, 2.24) is 9.80 Å². The van der Waals surface area contributed by atoms with Crippen LogP contribution in [0.5, 0.6) is 0 Å². The number of piperazine rings is 1. The Morgan fingerprint density at radius 3 is 1.96 bits per heavy atom. The lowest BCUT2D eigenvalue weighted by Gasteiger charge is -2.35. The second-order valence-electron chi connectivity index (χ2n) is 6.25. The molecule has 2 amide bonds. The number of carbonyl (C=O) groups is 2. The number of hydrogen-bond acceptors (Lipinski definition) is 3. The van der Waals surface area contributed by atoms with E-state index in [-0.39, 0.29) is 24.2 Å². The van der Waals surface area contributed by atoms with Crippen molar-refractivity contribution in [2.45, 2.75) is 6.42 Å². The minimum atomic E-state index is -0.125. The molecule has 1 fully saturated rings. The molecule has 0 saturated carbocycles. The molecule has 0 aromatic heterocycles. The summed E-state index contributed by atoms with van der Waals surface area (Å²) >= 11 is 11.9. The van der Waals surface area contributed by atoms with Crippen LogP contribution in [0.3, 0.4) is 0 Å². The van der Waals surface area contributed by atoms with Crippen molar-refractivity contribution in [2.75, 3.05) is 31.9 Å². The predicted molar refractivity (Wildman–Crippen MR) is 111 cm³/mol. The lowest BCUT2D eigenvalue weighted by molar-refractivity contribution is -0.131. The number of halogens is 3. The van der Waals surface area contributed by atoms with E-state index in [1.54, 1.807) is 40.1 Å². The van der Waals surface area contributed by atoms with Crippen molar-refractivity contribution >= 4 is 53.1 Å². The van der Waals surface area contributed by atoms with E-state index in [9.17, 15) is 9.59 Å². The standard InChI is InChI=1S/C19H19Cl2N3O2.ClH/c20-15-10-14(11-16(21)12-15)19(26)24-7-5-23(6-8-24)18(25)9-13-1-3-17(22)4-2-13;/h1-4,10-12H,5-9,22H2;1H. The van der Waals surface area contributed by atoms with Crippen LogP contribution in [-0.4, -0.2) is 47.8 Å². The molecule has 3 rings (SSSR count).